The fourth-order valence-corrected chi connectivity index (χ4v) is 4.34. The lowest BCUT2D eigenvalue weighted by molar-refractivity contribution is -0.146. The second-order valence-corrected chi connectivity index (χ2v) is 7.77. The van der Waals surface area contributed by atoms with Crippen molar-refractivity contribution in [3.8, 4) is 11.3 Å². The highest BCUT2D eigenvalue weighted by atomic mass is 32.1. The van der Waals surface area contributed by atoms with E-state index in [2.05, 4.69) is 10.3 Å². The number of amides is 3. The van der Waals surface area contributed by atoms with Crippen LogP contribution in [0.25, 0.3) is 11.3 Å². The lowest BCUT2D eigenvalue weighted by Crippen LogP contribution is -2.46. The first-order chi connectivity index (χ1) is 13.5. The number of carbonyl (C=O) groups excluding carboxylic acids is 3. The van der Waals surface area contributed by atoms with Crippen LogP contribution in [0.2, 0.25) is 0 Å². The van der Waals surface area contributed by atoms with Crippen LogP contribution in [0, 0.1) is 17.7 Å². The van der Waals surface area contributed by atoms with Crippen molar-refractivity contribution in [1.29, 1.82) is 0 Å². The van der Waals surface area contributed by atoms with Gasteiger partial charge in [0.2, 0.25) is 17.7 Å². The molecule has 4 rings (SSSR count). The smallest absolute Gasteiger partial charge is 0.249 e. The average molecular weight is 399 g/mol. The zero-order chi connectivity index (χ0) is 19.8. The Bertz CT molecular complexity index is 943. The summed E-state index contributed by atoms with van der Waals surface area (Å²) in [6.45, 7) is 1.55. The summed E-state index contributed by atoms with van der Waals surface area (Å²) in [4.78, 5) is 43.3. The van der Waals surface area contributed by atoms with Crippen LogP contribution < -0.4 is 5.32 Å². The van der Waals surface area contributed by atoms with Gasteiger partial charge in [-0.3, -0.25) is 19.3 Å². The molecule has 0 radical (unpaired) electrons. The van der Waals surface area contributed by atoms with Gasteiger partial charge in [-0.1, -0.05) is 12.2 Å². The monoisotopic (exact) mass is 399 g/mol. The molecule has 0 bridgehead atoms. The van der Waals surface area contributed by atoms with Crippen molar-refractivity contribution in [3.05, 3.63) is 47.6 Å². The van der Waals surface area contributed by atoms with Crippen LogP contribution in [-0.2, 0) is 14.4 Å². The number of aromatic nitrogens is 1. The van der Waals surface area contributed by atoms with Crippen LogP contribution >= 0.6 is 11.3 Å². The number of likely N-dealkylation sites (tertiary alicyclic amines) is 1. The van der Waals surface area contributed by atoms with Gasteiger partial charge in [0.1, 0.15) is 11.9 Å². The highest BCUT2D eigenvalue weighted by Gasteiger charge is 2.50. The molecular formula is C20H18FN3O3S. The lowest BCUT2D eigenvalue weighted by Gasteiger charge is -2.21. The van der Waals surface area contributed by atoms with Crippen molar-refractivity contribution in [2.24, 2.45) is 11.8 Å². The molecule has 1 fully saturated rings. The van der Waals surface area contributed by atoms with Crippen molar-refractivity contribution in [2.45, 2.75) is 25.8 Å². The Balaban J connectivity index is 1.46. The SMILES string of the molecule is C[C@@H](C(=O)Nc1nc(-c2ccc(F)cc2)cs1)N1C(=O)C2CC=CCC2C1=O. The van der Waals surface area contributed by atoms with E-state index in [1.54, 1.807) is 24.4 Å². The summed E-state index contributed by atoms with van der Waals surface area (Å²) in [6, 6.07) is 4.98. The first kappa shape index (κ1) is 18.5. The number of rotatable bonds is 4. The molecule has 1 aliphatic heterocycles. The number of hydrogen-bond donors (Lipinski definition) is 1. The molecule has 144 valence electrons. The number of carbonyl (C=O) groups is 3. The van der Waals surface area contributed by atoms with Gasteiger partial charge in [0.05, 0.1) is 17.5 Å². The van der Waals surface area contributed by atoms with Crippen molar-refractivity contribution in [1.82, 2.24) is 9.88 Å². The maximum Gasteiger partial charge on any atom is 0.249 e. The number of nitrogens with one attached hydrogen (secondary N) is 1. The van der Waals surface area contributed by atoms with Crippen molar-refractivity contribution >= 4 is 34.2 Å². The van der Waals surface area contributed by atoms with E-state index in [1.165, 1.54) is 23.5 Å². The predicted molar refractivity (Wildman–Crippen MR) is 103 cm³/mol. The van der Waals surface area contributed by atoms with Gasteiger partial charge in [0.25, 0.3) is 0 Å². The summed E-state index contributed by atoms with van der Waals surface area (Å²) < 4.78 is 13.1. The minimum Gasteiger partial charge on any atom is -0.300 e. The van der Waals surface area contributed by atoms with E-state index in [-0.39, 0.29) is 29.5 Å². The molecule has 2 aliphatic rings. The molecule has 2 aromatic rings. The Morgan fingerprint density at radius 3 is 2.39 bits per heavy atom. The second kappa shape index (κ2) is 7.27. The number of fused-ring (bicyclic) bond motifs is 1. The number of imide groups is 1. The maximum absolute atomic E-state index is 13.1. The Kier molecular flexibility index (Phi) is 4.80. The Morgan fingerprint density at radius 2 is 1.79 bits per heavy atom. The largest absolute Gasteiger partial charge is 0.300 e. The van der Waals surface area contributed by atoms with Crippen LogP contribution in [0.3, 0.4) is 0 Å². The molecule has 6 nitrogen and oxygen atoms in total. The zero-order valence-electron chi connectivity index (χ0n) is 15.1. The van der Waals surface area contributed by atoms with E-state index in [4.69, 9.17) is 0 Å². The summed E-state index contributed by atoms with van der Waals surface area (Å²) in [6.07, 6.45) is 4.89. The van der Waals surface area contributed by atoms with Crippen LogP contribution in [-0.4, -0.2) is 33.6 Å². The number of anilines is 1. The Morgan fingerprint density at radius 1 is 1.18 bits per heavy atom. The summed E-state index contributed by atoms with van der Waals surface area (Å²) in [5, 5.41) is 4.78. The van der Waals surface area contributed by atoms with Crippen molar-refractivity contribution in [3.63, 3.8) is 0 Å². The Hall–Kier alpha value is -2.87. The van der Waals surface area contributed by atoms with E-state index in [0.717, 1.165) is 10.5 Å². The van der Waals surface area contributed by atoms with Gasteiger partial charge in [-0.2, -0.15) is 0 Å². The highest BCUT2D eigenvalue weighted by molar-refractivity contribution is 7.14. The molecule has 8 heteroatoms. The minimum atomic E-state index is -0.913. The predicted octanol–water partition coefficient (Wildman–Crippen LogP) is 3.23. The van der Waals surface area contributed by atoms with Gasteiger partial charge in [-0.05, 0) is 44.0 Å². The average Bonchev–Trinajstić information content (AvgIpc) is 3.25. The summed E-state index contributed by atoms with van der Waals surface area (Å²) in [5.74, 6) is -2.10. The number of allylic oxidation sites excluding steroid dienone is 2. The normalized spacial score (nSPS) is 22.3. The topological polar surface area (TPSA) is 79.4 Å². The van der Waals surface area contributed by atoms with Crippen LogP contribution in [0.5, 0.6) is 0 Å². The summed E-state index contributed by atoms with van der Waals surface area (Å²) >= 11 is 1.22. The quantitative estimate of drug-likeness (QED) is 0.632. The first-order valence-electron chi connectivity index (χ1n) is 9.00. The third kappa shape index (κ3) is 3.24. The number of thiazole rings is 1. The molecule has 28 heavy (non-hydrogen) atoms. The van der Waals surface area contributed by atoms with E-state index in [9.17, 15) is 18.8 Å². The lowest BCUT2D eigenvalue weighted by atomic mass is 9.85. The number of nitrogens with zero attached hydrogens (tertiary/aromatic N) is 2. The molecule has 1 saturated heterocycles. The third-order valence-corrected chi connectivity index (χ3v) is 5.94. The van der Waals surface area contributed by atoms with E-state index in [0.29, 0.717) is 23.7 Å². The fraction of sp³-hybridized carbons (Fsp3) is 0.300. The zero-order valence-corrected chi connectivity index (χ0v) is 15.9. The fourth-order valence-electron chi connectivity index (χ4n) is 3.62. The van der Waals surface area contributed by atoms with Gasteiger partial charge in [-0.15, -0.1) is 11.3 Å². The molecular weight excluding hydrogens is 381 g/mol. The van der Waals surface area contributed by atoms with E-state index >= 15 is 0 Å². The number of benzene rings is 1. The first-order valence-corrected chi connectivity index (χ1v) is 9.88. The molecule has 0 saturated carbocycles. The van der Waals surface area contributed by atoms with Crippen molar-refractivity contribution in [2.75, 3.05) is 5.32 Å². The molecule has 1 N–H and O–H groups in total. The number of hydrogen-bond acceptors (Lipinski definition) is 5. The maximum atomic E-state index is 13.1. The summed E-state index contributed by atoms with van der Waals surface area (Å²) in [7, 11) is 0. The molecule has 1 aliphatic carbocycles. The van der Waals surface area contributed by atoms with Crippen LogP contribution in [0.15, 0.2) is 41.8 Å². The van der Waals surface area contributed by atoms with Gasteiger partial charge in [0, 0.05) is 10.9 Å². The number of halogens is 1. The Labute approximate surface area is 165 Å². The highest BCUT2D eigenvalue weighted by Crippen LogP contribution is 2.36. The van der Waals surface area contributed by atoms with Gasteiger partial charge in [-0.25, -0.2) is 9.37 Å². The van der Waals surface area contributed by atoms with Crippen molar-refractivity contribution < 1.29 is 18.8 Å². The molecule has 1 aromatic carbocycles. The van der Waals surface area contributed by atoms with Crippen LogP contribution in [0.1, 0.15) is 19.8 Å². The minimum absolute atomic E-state index is 0.284. The van der Waals surface area contributed by atoms with E-state index < -0.39 is 11.9 Å². The van der Waals surface area contributed by atoms with E-state index in [1.807, 2.05) is 12.2 Å². The van der Waals surface area contributed by atoms with Gasteiger partial charge in [0.15, 0.2) is 5.13 Å². The second-order valence-electron chi connectivity index (χ2n) is 6.91. The molecule has 0 spiro atoms. The molecule has 3 atom stereocenters. The molecule has 2 heterocycles. The molecule has 2 unspecified atom stereocenters. The summed E-state index contributed by atoms with van der Waals surface area (Å²) in [5.41, 5.74) is 1.34. The third-order valence-electron chi connectivity index (χ3n) is 5.18. The van der Waals surface area contributed by atoms with Gasteiger partial charge >= 0.3 is 0 Å². The van der Waals surface area contributed by atoms with Crippen LogP contribution in [0.4, 0.5) is 9.52 Å². The van der Waals surface area contributed by atoms with Gasteiger partial charge < -0.3 is 5.32 Å². The molecule has 1 aromatic heterocycles. The molecule has 3 amide bonds. The standard InChI is InChI=1S/C20H18FN3O3S/c1-11(24-18(26)14-4-2-3-5-15(14)19(24)27)17(25)23-20-22-16(10-28-20)12-6-8-13(21)9-7-12/h2-3,6-11,14-15H,4-5H2,1H3,(H,22,23,25)/t11-,14?,15?/m0/s1.